The predicted molar refractivity (Wildman–Crippen MR) is 110 cm³/mol. The number of aryl methyl sites for hydroxylation is 2. The highest BCUT2D eigenvalue weighted by molar-refractivity contribution is 7.88. The quantitative estimate of drug-likeness (QED) is 0.726. The molecule has 10 heteroatoms. The van der Waals surface area contributed by atoms with E-state index in [-0.39, 0.29) is 17.9 Å². The van der Waals surface area contributed by atoms with E-state index in [4.69, 9.17) is 4.52 Å². The molecule has 1 atom stereocenters. The number of aromatic nitrogens is 3. The lowest BCUT2D eigenvalue weighted by Gasteiger charge is -2.34. The van der Waals surface area contributed by atoms with E-state index in [2.05, 4.69) is 15.1 Å². The molecule has 0 saturated carbocycles. The molecule has 162 valence electrons. The lowest BCUT2D eigenvalue weighted by atomic mass is 9.95. The summed E-state index contributed by atoms with van der Waals surface area (Å²) in [6.07, 6.45) is 5.78. The molecule has 0 aliphatic carbocycles. The maximum atomic E-state index is 13.4. The second-order valence-electron chi connectivity index (χ2n) is 8.17. The average Bonchev–Trinajstić information content (AvgIpc) is 3.36. The minimum Gasteiger partial charge on any atom is -0.356 e. The van der Waals surface area contributed by atoms with Crippen molar-refractivity contribution in [1.29, 1.82) is 0 Å². The minimum atomic E-state index is -3.21. The van der Waals surface area contributed by atoms with Gasteiger partial charge < -0.3 is 9.42 Å². The van der Waals surface area contributed by atoms with Crippen molar-refractivity contribution in [1.82, 2.24) is 24.3 Å². The number of carbonyl (C=O) groups excluding carboxylic acids is 1. The van der Waals surface area contributed by atoms with Crippen LogP contribution in [0.5, 0.6) is 0 Å². The van der Waals surface area contributed by atoms with Crippen LogP contribution in [0.3, 0.4) is 0 Å². The van der Waals surface area contributed by atoms with Crippen LogP contribution in [-0.4, -0.2) is 64.5 Å². The Bertz CT molecular complexity index is 1040. The first-order valence-electron chi connectivity index (χ1n) is 10.3. The van der Waals surface area contributed by atoms with Gasteiger partial charge in [-0.3, -0.25) is 4.79 Å². The Morgan fingerprint density at radius 2 is 1.90 bits per heavy atom. The number of hydrogen-bond donors (Lipinski definition) is 0. The summed E-state index contributed by atoms with van der Waals surface area (Å²) < 4.78 is 30.4. The summed E-state index contributed by atoms with van der Waals surface area (Å²) >= 11 is 0. The number of likely N-dealkylation sites (tertiary alicyclic amines) is 1. The monoisotopic (exact) mass is 433 g/mol. The molecule has 2 aromatic rings. The van der Waals surface area contributed by atoms with Crippen LogP contribution in [0.15, 0.2) is 16.8 Å². The van der Waals surface area contributed by atoms with Gasteiger partial charge in [0.25, 0.3) is 0 Å². The van der Waals surface area contributed by atoms with Gasteiger partial charge in [-0.1, -0.05) is 5.16 Å². The zero-order chi connectivity index (χ0) is 21.5. The molecule has 2 fully saturated rings. The second kappa shape index (κ2) is 8.07. The van der Waals surface area contributed by atoms with Crippen molar-refractivity contribution in [2.75, 3.05) is 25.9 Å². The van der Waals surface area contributed by atoms with Crippen LogP contribution in [0.2, 0.25) is 0 Å². The van der Waals surface area contributed by atoms with Gasteiger partial charge in [0, 0.05) is 37.8 Å². The summed E-state index contributed by atoms with van der Waals surface area (Å²) in [7, 11) is -3.21. The Morgan fingerprint density at radius 3 is 2.53 bits per heavy atom. The molecular weight excluding hydrogens is 406 g/mol. The summed E-state index contributed by atoms with van der Waals surface area (Å²) in [6.45, 7) is 5.15. The number of nitrogens with zero attached hydrogens (tertiary/aromatic N) is 5. The van der Waals surface area contributed by atoms with E-state index in [1.807, 2.05) is 24.8 Å². The molecule has 2 aliphatic rings. The largest absolute Gasteiger partial charge is 0.356 e. The topological polar surface area (TPSA) is 110 Å². The Labute approximate surface area is 176 Å². The van der Waals surface area contributed by atoms with Gasteiger partial charge in [-0.05, 0) is 39.5 Å². The van der Waals surface area contributed by atoms with Crippen molar-refractivity contribution < 1.29 is 17.7 Å². The summed E-state index contributed by atoms with van der Waals surface area (Å²) in [4.78, 5) is 24.3. The molecule has 2 saturated heterocycles. The lowest BCUT2D eigenvalue weighted by molar-refractivity contribution is -0.137. The normalized spacial score (nSPS) is 21.3. The summed E-state index contributed by atoms with van der Waals surface area (Å²) in [5.41, 5.74) is 2.32. The maximum absolute atomic E-state index is 13.4. The predicted octanol–water partition coefficient (Wildman–Crippen LogP) is 2.08. The molecule has 30 heavy (non-hydrogen) atoms. The van der Waals surface area contributed by atoms with Crippen LogP contribution in [0.25, 0.3) is 11.3 Å². The third kappa shape index (κ3) is 4.11. The number of hydrogen-bond acceptors (Lipinski definition) is 7. The Morgan fingerprint density at radius 1 is 1.17 bits per heavy atom. The average molecular weight is 434 g/mol. The van der Waals surface area contributed by atoms with Gasteiger partial charge in [0.1, 0.15) is 5.82 Å². The molecule has 4 heterocycles. The van der Waals surface area contributed by atoms with Gasteiger partial charge in [-0.25, -0.2) is 22.7 Å². The third-order valence-corrected chi connectivity index (χ3v) is 7.26. The summed E-state index contributed by atoms with van der Waals surface area (Å²) in [5, 5.41) is 3.97. The first kappa shape index (κ1) is 20.9. The van der Waals surface area contributed by atoms with Crippen molar-refractivity contribution in [2.24, 2.45) is 5.92 Å². The van der Waals surface area contributed by atoms with Crippen LogP contribution >= 0.6 is 0 Å². The standard InChI is InChI=1S/C20H27N5O4S/c1-13-11-18(29-23-13)16-12-21-14(2)22-19(16)17-5-4-8-25(17)20(26)15-6-9-24(10-7-15)30(3,27)28/h11-12,15,17H,4-10H2,1-3H3/t17-/m1/s1. The van der Waals surface area contributed by atoms with Gasteiger partial charge in [0.15, 0.2) is 5.76 Å². The molecule has 0 bridgehead atoms. The molecular formula is C20H27N5O4S. The number of piperidine rings is 1. The smallest absolute Gasteiger partial charge is 0.226 e. The van der Waals surface area contributed by atoms with E-state index >= 15 is 0 Å². The number of carbonyl (C=O) groups is 1. The van der Waals surface area contributed by atoms with Crippen LogP contribution in [0.1, 0.15) is 48.9 Å². The van der Waals surface area contributed by atoms with E-state index in [0.717, 1.165) is 29.8 Å². The summed E-state index contributed by atoms with van der Waals surface area (Å²) in [6, 6.07) is 1.70. The molecule has 0 unspecified atom stereocenters. The molecule has 0 spiro atoms. The molecule has 2 aromatic heterocycles. The van der Waals surface area contributed by atoms with E-state index in [1.165, 1.54) is 10.6 Å². The van der Waals surface area contributed by atoms with Crippen LogP contribution in [0, 0.1) is 19.8 Å². The van der Waals surface area contributed by atoms with E-state index in [1.54, 1.807) is 6.20 Å². The van der Waals surface area contributed by atoms with Gasteiger partial charge in [0.05, 0.1) is 29.2 Å². The summed E-state index contributed by atoms with van der Waals surface area (Å²) in [5.74, 6) is 1.16. The number of amides is 1. The highest BCUT2D eigenvalue weighted by Crippen LogP contribution is 2.38. The van der Waals surface area contributed by atoms with Crippen molar-refractivity contribution in [2.45, 2.75) is 45.6 Å². The Hall–Kier alpha value is -2.33. The van der Waals surface area contributed by atoms with Crippen molar-refractivity contribution >= 4 is 15.9 Å². The first-order valence-corrected chi connectivity index (χ1v) is 12.1. The van der Waals surface area contributed by atoms with Gasteiger partial charge in [0.2, 0.25) is 15.9 Å². The lowest BCUT2D eigenvalue weighted by Crippen LogP contribution is -2.44. The molecule has 9 nitrogen and oxygen atoms in total. The fraction of sp³-hybridized carbons (Fsp3) is 0.600. The highest BCUT2D eigenvalue weighted by atomic mass is 32.2. The number of rotatable bonds is 4. The second-order valence-corrected chi connectivity index (χ2v) is 10.2. The highest BCUT2D eigenvalue weighted by Gasteiger charge is 2.38. The maximum Gasteiger partial charge on any atom is 0.226 e. The molecule has 1 amide bonds. The van der Waals surface area contributed by atoms with Crippen LogP contribution < -0.4 is 0 Å². The van der Waals surface area contributed by atoms with Gasteiger partial charge in [-0.15, -0.1) is 0 Å². The van der Waals surface area contributed by atoms with Gasteiger partial charge >= 0.3 is 0 Å². The zero-order valence-electron chi connectivity index (χ0n) is 17.5. The molecule has 0 N–H and O–H groups in total. The third-order valence-electron chi connectivity index (χ3n) is 5.96. The van der Waals surface area contributed by atoms with E-state index < -0.39 is 10.0 Å². The molecule has 0 aromatic carbocycles. The van der Waals surface area contributed by atoms with Gasteiger partial charge in [-0.2, -0.15) is 0 Å². The minimum absolute atomic E-state index is 0.0848. The van der Waals surface area contributed by atoms with E-state index in [9.17, 15) is 13.2 Å². The number of sulfonamides is 1. The Kier molecular flexibility index (Phi) is 5.63. The van der Waals surface area contributed by atoms with Crippen molar-refractivity contribution in [3.8, 4) is 11.3 Å². The van der Waals surface area contributed by atoms with Crippen molar-refractivity contribution in [3.05, 3.63) is 29.5 Å². The van der Waals surface area contributed by atoms with Crippen molar-refractivity contribution in [3.63, 3.8) is 0 Å². The molecule has 0 radical (unpaired) electrons. The zero-order valence-corrected chi connectivity index (χ0v) is 18.4. The Balaban J connectivity index is 1.57. The fourth-order valence-electron chi connectivity index (χ4n) is 4.41. The SMILES string of the molecule is Cc1cc(-c2cnc(C)nc2[C@H]2CCCN2C(=O)C2CCN(S(C)(=O)=O)CC2)on1. The van der Waals surface area contributed by atoms with Crippen LogP contribution in [-0.2, 0) is 14.8 Å². The molecule has 2 aliphatic heterocycles. The first-order chi connectivity index (χ1) is 14.2. The van der Waals surface area contributed by atoms with E-state index in [0.29, 0.717) is 44.1 Å². The van der Waals surface area contributed by atoms with Crippen LogP contribution in [0.4, 0.5) is 0 Å². The molecule has 4 rings (SSSR count). The fourth-order valence-corrected chi connectivity index (χ4v) is 5.28.